The average molecular weight is 217 g/mol. The number of carbonyl (C=O) groups is 1. The van der Waals surface area contributed by atoms with Crippen LogP contribution in [0.4, 0.5) is 0 Å². The van der Waals surface area contributed by atoms with E-state index in [1.54, 1.807) is 0 Å². The largest absolute Gasteiger partial charge is 0.336 e. The zero-order valence-electron chi connectivity index (χ0n) is 8.03. The summed E-state index contributed by atoms with van der Waals surface area (Å²) in [7, 11) is 3.79. The lowest BCUT2D eigenvalue weighted by Gasteiger charge is -2.29. The smallest absolute Gasteiger partial charge is 0.227 e. The Morgan fingerprint density at radius 1 is 1.38 bits per heavy atom. The SMILES string of the molecule is CC(C)N1C(=O)C2CSSCC1C2. The third-order valence-corrected chi connectivity index (χ3v) is 5.27. The quantitative estimate of drug-likeness (QED) is 0.627. The molecule has 2 nitrogen and oxygen atoms in total. The van der Waals surface area contributed by atoms with Gasteiger partial charge in [-0.1, -0.05) is 21.6 Å². The van der Waals surface area contributed by atoms with Crippen LogP contribution in [0, 0.1) is 5.92 Å². The monoisotopic (exact) mass is 217 g/mol. The summed E-state index contributed by atoms with van der Waals surface area (Å²) >= 11 is 0. The van der Waals surface area contributed by atoms with Crippen LogP contribution in [0.15, 0.2) is 0 Å². The number of hydrogen-bond donors (Lipinski definition) is 0. The van der Waals surface area contributed by atoms with Gasteiger partial charge in [-0.05, 0) is 20.3 Å². The molecule has 2 fully saturated rings. The number of nitrogens with zero attached hydrogens (tertiary/aromatic N) is 1. The number of amides is 1. The molecule has 0 aromatic heterocycles. The second-order valence-electron chi connectivity index (χ2n) is 3.99. The summed E-state index contributed by atoms with van der Waals surface area (Å²) in [5, 5.41) is 0. The molecule has 2 aliphatic rings. The Morgan fingerprint density at radius 3 is 2.77 bits per heavy atom. The molecular weight excluding hydrogens is 202 g/mol. The molecule has 2 unspecified atom stereocenters. The standard InChI is InChI=1S/C9H15NOS2/c1-6(2)10-8-3-7(9(10)11)4-12-13-5-8/h6-8H,3-5H2,1-2H3. The minimum absolute atomic E-state index is 0.312. The van der Waals surface area contributed by atoms with Gasteiger partial charge in [0.1, 0.15) is 0 Å². The van der Waals surface area contributed by atoms with E-state index in [0.717, 1.165) is 17.9 Å². The minimum atomic E-state index is 0.312. The highest BCUT2D eigenvalue weighted by Crippen LogP contribution is 2.39. The van der Waals surface area contributed by atoms with E-state index in [1.807, 2.05) is 21.6 Å². The van der Waals surface area contributed by atoms with E-state index in [4.69, 9.17) is 0 Å². The van der Waals surface area contributed by atoms with Crippen molar-refractivity contribution in [3.63, 3.8) is 0 Å². The zero-order chi connectivity index (χ0) is 9.42. The summed E-state index contributed by atoms with van der Waals surface area (Å²) in [5.41, 5.74) is 0. The summed E-state index contributed by atoms with van der Waals surface area (Å²) in [4.78, 5) is 14.0. The number of fused-ring (bicyclic) bond motifs is 2. The van der Waals surface area contributed by atoms with E-state index >= 15 is 0 Å². The lowest BCUT2D eigenvalue weighted by molar-refractivity contribution is -0.132. The van der Waals surface area contributed by atoms with E-state index in [2.05, 4.69) is 18.7 Å². The molecule has 2 atom stereocenters. The van der Waals surface area contributed by atoms with Gasteiger partial charge in [-0.15, -0.1) is 0 Å². The number of rotatable bonds is 1. The Labute approximate surface area is 87.2 Å². The fraction of sp³-hybridized carbons (Fsp3) is 0.889. The summed E-state index contributed by atoms with van der Waals surface area (Å²) in [5.74, 6) is 2.84. The van der Waals surface area contributed by atoms with E-state index in [9.17, 15) is 4.79 Å². The number of likely N-dealkylation sites (tertiary alicyclic amines) is 1. The van der Waals surface area contributed by atoms with Gasteiger partial charge in [-0.2, -0.15) is 0 Å². The Bertz CT molecular complexity index is 220. The van der Waals surface area contributed by atoms with Gasteiger partial charge in [0.25, 0.3) is 0 Å². The molecule has 1 amide bonds. The van der Waals surface area contributed by atoms with Crippen LogP contribution in [0.5, 0.6) is 0 Å². The zero-order valence-corrected chi connectivity index (χ0v) is 9.66. The molecule has 0 radical (unpaired) electrons. The van der Waals surface area contributed by atoms with Crippen LogP contribution in [0.1, 0.15) is 20.3 Å². The van der Waals surface area contributed by atoms with Gasteiger partial charge in [0.2, 0.25) is 5.91 Å². The number of carbonyl (C=O) groups excluding carboxylic acids is 1. The maximum absolute atomic E-state index is 11.9. The Morgan fingerprint density at radius 2 is 2.08 bits per heavy atom. The van der Waals surface area contributed by atoms with Gasteiger partial charge in [-0.3, -0.25) is 4.79 Å². The van der Waals surface area contributed by atoms with Gasteiger partial charge in [-0.25, -0.2) is 0 Å². The fourth-order valence-corrected chi connectivity index (χ4v) is 4.78. The Balaban J connectivity index is 2.16. The maximum atomic E-state index is 11.9. The van der Waals surface area contributed by atoms with E-state index < -0.39 is 0 Å². The van der Waals surface area contributed by atoms with Crippen LogP contribution in [0.3, 0.4) is 0 Å². The van der Waals surface area contributed by atoms with Gasteiger partial charge >= 0.3 is 0 Å². The Kier molecular flexibility index (Phi) is 2.79. The second kappa shape index (κ2) is 3.73. The first-order valence-corrected chi connectivity index (χ1v) is 7.25. The normalized spacial score (nSPS) is 34.1. The average Bonchev–Trinajstić information content (AvgIpc) is 2.28. The van der Waals surface area contributed by atoms with Crippen LogP contribution in [-0.2, 0) is 4.79 Å². The predicted molar refractivity (Wildman–Crippen MR) is 58.8 cm³/mol. The molecule has 2 heterocycles. The first kappa shape index (κ1) is 9.71. The molecule has 2 saturated heterocycles. The van der Waals surface area contributed by atoms with Crippen LogP contribution < -0.4 is 0 Å². The lowest BCUT2D eigenvalue weighted by Crippen LogP contribution is -2.41. The molecule has 0 spiro atoms. The van der Waals surface area contributed by atoms with Crippen LogP contribution in [-0.4, -0.2) is 34.4 Å². The van der Waals surface area contributed by atoms with Crippen molar-refractivity contribution in [2.45, 2.75) is 32.4 Å². The Hall–Kier alpha value is 0.170. The highest BCUT2D eigenvalue weighted by Gasteiger charge is 2.41. The molecule has 0 saturated carbocycles. The summed E-state index contributed by atoms with van der Waals surface area (Å²) < 4.78 is 0. The van der Waals surface area contributed by atoms with Gasteiger partial charge < -0.3 is 4.90 Å². The van der Waals surface area contributed by atoms with Crippen molar-refractivity contribution in [2.75, 3.05) is 11.5 Å². The lowest BCUT2D eigenvalue weighted by atomic mass is 10.1. The summed E-state index contributed by atoms with van der Waals surface area (Å²) in [6.07, 6.45) is 1.09. The summed E-state index contributed by atoms with van der Waals surface area (Å²) in [6.45, 7) is 4.24. The van der Waals surface area contributed by atoms with Crippen LogP contribution in [0.25, 0.3) is 0 Å². The van der Waals surface area contributed by atoms with E-state index in [-0.39, 0.29) is 0 Å². The molecule has 4 heteroatoms. The topological polar surface area (TPSA) is 20.3 Å². The first-order chi connectivity index (χ1) is 6.20. The van der Waals surface area contributed by atoms with Crippen molar-refractivity contribution in [3.05, 3.63) is 0 Å². The van der Waals surface area contributed by atoms with E-state index in [0.29, 0.717) is 23.9 Å². The summed E-state index contributed by atoms with van der Waals surface area (Å²) in [6, 6.07) is 0.892. The molecule has 2 rings (SSSR count). The molecule has 0 aromatic carbocycles. The molecule has 2 bridgehead atoms. The molecule has 13 heavy (non-hydrogen) atoms. The van der Waals surface area contributed by atoms with Crippen molar-refractivity contribution < 1.29 is 4.79 Å². The second-order valence-corrected chi connectivity index (χ2v) is 6.55. The molecule has 74 valence electrons. The highest BCUT2D eigenvalue weighted by molar-refractivity contribution is 8.76. The van der Waals surface area contributed by atoms with Crippen molar-refractivity contribution in [1.82, 2.24) is 4.90 Å². The minimum Gasteiger partial charge on any atom is -0.336 e. The highest BCUT2D eigenvalue weighted by atomic mass is 33.1. The van der Waals surface area contributed by atoms with Crippen LogP contribution in [0.2, 0.25) is 0 Å². The van der Waals surface area contributed by atoms with Crippen molar-refractivity contribution in [2.24, 2.45) is 5.92 Å². The van der Waals surface area contributed by atoms with Gasteiger partial charge in [0.15, 0.2) is 0 Å². The van der Waals surface area contributed by atoms with Crippen molar-refractivity contribution >= 4 is 27.5 Å². The van der Waals surface area contributed by atoms with Crippen molar-refractivity contribution in [1.29, 1.82) is 0 Å². The van der Waals surface area contributed by atoms with E-state index in [1.165, 1.54) is 0 Å². The molecule has 0 N–H and O–H groups in total. The van der Waals surface area contributed by atoms with Crippen molar-refractivity contribution in [3.8, 4) is 0 Å². The van der Waals surface area contributed by atoms with Gasteiger partial charge in [0, 0.05) is 23.6 Å². The fourth-order valence-electron chi connectivity index (χ4n) is 2.15. The predicted octanol–water partition coefficient (Wildman–Crippen LogP) is 2.01. The van der Waals surface area contributed by atoms with Crippen LogP contribution >= 0.6 is 21.6 Å². The first-order valence-electron chi connectivity index (χ1n) is 4.76. The third kappa shape index (κ3) is 1.71. The third-order valence-electron chi connectivity index (χ3n) is 2.72. The molecular formula is C9H15NOS2. The molecule has 0 aliphatic carbocycles. The number of hydrogen-bond acceptors (Lipinski definition) is 3. The van der Waals surface area contributed by atoms with Gasteiger partial charge in [0.05, 0.1) is 5.92 Å². The molecule has 2 aliphatic heterocycles. The molecule has 0 aromatic rings. The maximum Gasteiger partial charge on any atom is 0.227 e.